The van der Waals surface area contributed by atoms with Gasteiger partial charge in [-0.2, -0.15) is 0 Å². The highest BCUT2D eigenvalue weighted by Gasteiger charge is 2.09. The maximum Gasteiger partial charge on any atom is 0.0659 e. The van der Waals surface area contributed by atoms with Crippen LogP contribution < -0.4 is 5.43 Å². The smallest absolute Gasteiger partial charge is 0.0659 e. The fourth-order valence-electron chi connectivity index (χ4n) is 1.57. The van der Waals surface area contributed by atoms with E-state index in [0.29, 0.717) is 0 Å². The Balaban J connectivity index is 2.17. The van der Waals surface area contributed by atoms with E-state index >= 15 is 0 Å². The molecule has 0 saturated heterocycles. The minimum absolute atomic E-state index is 0.160. The highest BCUT2D eigenvalue weighted by Crippen LogP contribution is 2.26. The largest absolute Gasteiger partial charge is 0.319 e. The van der Waals surface area contributed by atoms with Crippen LogP contribution >= 0.6 is 27.5 Å². The standard InChI is InChI=1S/C12H12BrClN2/c1-9(15-16-6-2-3-7-16)11-5-4-10(13)8-12(11)14/h2-9,15H,1H3. The van der Waals surface area contributed by atoms with Crippen LogP contribution in [0.2, 0.25) is 5.02 Å². The van der Waals surface area contributed by atoms with Gasteiger partial charge in [0.15, 0.2) is 0 Å². The topological polar surface area (TPSA) is 17.0 Å². The number of halogens is 2. The van der Waals surface area contributed by atoms with E-state index in [1.165, 1.54) is 0 Å². The highest BCUT2D eigenvalue weighted by atomic mass is 79.9. The summed E-state index contributed by atoms with van der Waals surface area (Å²) in [6, 6.07) is 10.0. The van der Waals surface area contributed by atoms with E-state index in [2.05, 4.69) is 28.3 Å². The number of benzene rings is 1. The number of rotatable bonds is 3. The van der Waals surface area contributed by atoms with Crippen LogP contribution in [0.4, 0.5) is 0 Å². The summed E-state index contributed by atoms with van der Waals surface area (Å²) < 4.78 is 2.91. The summed E-state index contributed by atoms with van der Waals surface area (Å²) in [6.45, 7) is 2.08. The van der Waals surface area contributed by atoms with Crippen molar-refractivity contribution in [2.24, 2.45) is 0 Å². The van der Waals surface area contributed by atoms with E-state index < -0.39 is 0 Å². The third kappa shape index (κ3) is 2.60. The predicted octanol–water partition coefficient (Wildman–Crippen LogP) is 4.21. The van der Waals surface area contributed by atoms with Crippen molar-refractivity contribution < 1.29 is 0 Å². The zero-order valence-electron chi connectivity index (χ0n) is 8.82. The molecule has 2 aromatic rings. The quantitative estimate of drug-likeness (QED) is 0.898. The van der Waals surface area contributed by atoms with E-state index in [1.54, 1.807) is 0 Å². The van der Waals surface area contributed by atoms with Gasteiger partial charge in [0.2, 0.25) is 0 Å². The fourth-order valence-corrected chi connectivity index (χ4v) is 2.40. The summed E-state index contributed by atoms with van der Waals surface area (Å²) >= 11 is 9.58. The van der Waals surface area contributed by atoms with Crippen molar-refractivity contribution in [3.8, 4) is 0 Å². The Kier molecular flexibility index (Phi) is 3.56. The Morgan fingerprint density at radius 1 is 1.31 bits per heavy atom. The van der Waals surface area contributed by atoms with Gasteiger partial charge in [-0.15, -0.1) is 0 Å². The summed E-state index contributed by atoms with van der Waals surface area (Å²) in [6.07, 6.45) is 3.92. The third-order valence-corrected chi connectivity index (χ3v) is 3.20. The molecule has 16 heavy (non-hydrogen) atoms. The number of aromatic nitrogens is 1. The molecular weight excluding hydrogens is 288 g/mol. The predicted molar refractivity (Wildman–Crippen MR) is 71.4 cm³/mol. The zero-order chi connectivity index (χ0) is 11.5. The molecule has 0 saturated carbocycles. The summed E-state index contributed by atoms with van der Waals surface area (Å²) in [7, 11) is 0. The van der Waals surface area contributed by atoms with Gasteiger partial charge in [-0.05, 0) is 36.8 Å². The number of hydrogen-bond donors (Lipinski definition) is 1. The van der Waals surface area contributed by atoms with Crippen molar-refractivity contribution in [1.82, 2.24) is 4.68 Å². The summed E-state index contributed by atoms with van der Waals surface area (Å²) in [4.78, 5) is 0. The summed E-state index contributed by atoms with van der Waals surface area (Å²) in [5.41, 5.74) is 4.40. The van der Waals surface area contributed by atoms with Crippen LogP contribution in [-0.4, -0.2) is 4.68 Å². The lowest BCUT2D eigenvalue weighted by atomic mass is 10.1. The van der Waals surface area contributed by atoms with Crippen molar-refractivity contribution in [2.75, 3.05) is 5.43 Å². The molecule has 1 N–H and O–H groups in total. The molecule has 0 aliphatic rings. The van der Waals surface area contributed by atoms with Gasteiger partial charge < -0.3 is 5.43 Å². The van der Waals surface area contributed by atoms with E-state index in [1.807, 2.05) is 47.4 Å². The van der Waals surface area contributed by atoms with Crippen molar-refractivity contribution in [3.63, 3.8) is 0 Å². The molecule has 0 amide bonds. The lowest BCUT2D eigenvalue weighted by Crippen LogP contribution is -2.17. The third-order valence-electron chi connectivity index (χ3n) is 2.38. The lowest BCUT2D eigenvalue weighted by molar-refractivity contribution is 0.728. The van der Waals surface area contributed by atoms with E-state index in [9.17, 15) is 0 Å². The van der Waals surface area contributed by atoms with Gasteiger partial charge in [0.05, 0.1) is 6.04 Å². The number of hydrogen-bond acceptors (Lipinski definition) is 1. The van der Waals surface area contributed by atoms with Crippen LogP contribution in [0, 0.1) is 0 Å². The van der Waals surface area contributed by atoms with E-state index in [4.69, 9.17) is 11.6 Å². The molecular formula is C12H12BrClN2. The van der Waals surface area contributed by atoms with Crippen LogP contribution in [0.3, 0.4) is 0 Å². The van der Waals surface area contributed by atoms with Gasteiger partial charge in [0.1, 0.15) is 0 Å². The monoisotopic (exact) mass is 298 g/mol. The van der Waals surface area contributed by atoms with Crippen LogP contribution in [0.15, 0.2) is 47.2 Å². The molecule has 4 heteroatoms. The molecule has 1 unspecified atom stereocenters. The Bertz CT molecular complexity index is 468. The molecule has 2 nitrogen and oxygen atoms in total. The Labute approximate surface area is 108 Å². The lowest BCUT2D eigenvalue weighted by Gasteiger charge is -2.17. The Hall–Kier alpha value is -0.930. The maximum atomic E-state index is 6.19. The fraction of sp³-hybridized carbons (Fsp3) is 0.167. The van der Waals surface area contributed by atoms with Crippen LogP contribution in [-0.2, 0) is 0 Å². The second-order valence-corrected chi connectivity index (χ2v) is 4.93. The van der Waals surface area contributed by atoms with Crippen LogP contribution in [0.5, 0.6) is 0 Å². The van der Waals surface area contributed by atoms with Crippen molar-refractivity contribution in [3.05, 3.63) is 57.8 Å². The molecule has 0 fully saturated rings. The van der Waals surface area contributed by atoms with E-state index in [-0.39, 0.29) is 6.04 Å². The van der Waals surface area contributed by atoms with Gasteiger partial charge in [-0.1, -0.05) is 33.6 Å². The average molecular weight is 300 g/mol. The first kappa shape index (κ1) is 11.6. The second-order valence-electron chi connectivity index (χ2n) is 3.61. The van der Waals surface area contributed by atoms with Crippen molar-refractivity contribution in [2.45, 2.75) is 13.0 Å². The van der Waals surface area contributed by atoms with Crippen LogP contribution in [0.25, 0.3) is 0 Å². The molecule has 0 aliphatic heterocycles. The SMILES string of the molecule is CC(Nn1cccc1)c1ccc(Br)cc1Cl. The normalized spacial score (nSPS) is 12.4. The molecule has 0 radical (unpaired) electrons. The number of nitrogens with zero attached hydrogens (tertiary/aromatic N) is 1. The molecule has 0 bridgehead atoms. The first-order valence-electron chi connectivity index (χ1n) is 5.01. The molecule has 0 aliphatic carbocycles. The first-order valence-corrected chi connectivity index (χ1v) is 6.18. The Morgan fingerprint density at radius 3 is 2.62 bits per heavy atom. The minimum atomic E-state index is 0.160. The Morgan fingerprint density at radius 2 is 2.00 bits per heavy atom. The summed E-state index contributed by atoms with van der Waals surface area (Å²) in [5.74, 6) is 0. The first-order chi connectivity index (χ1) is 7.66. The van der Waals surface area contributed by atoms with Crippen molar-refractivity contribution in [1.29, 1.82) is 0 Å². The average Bonchev–Trinajstić information content (AvgIpc) is 2.70. The van der Waals surface area contributed by atoms with Gasteiger partial charge in [0, 0.05) is 21.9 Å². The molecule has 1 aromatic carbocycles. The maximum absolute atomic E-state index is 6.19. The zero-order valence-corrected chi connectivity index (χ0v) is 11.2. The second kappa shape index (κ2) is 4.93. The van der Waals surface area contributed by atoms with E-state index in [0.717, 1.165) is 15.1 Å². The molecule has 1 aromatic heterocycles. The molecule has 2 rings (SSSR count). The highest BCUT2D eigenvalue weighted by molar-refractivity contribution is 9.10. The van der Waals surface area contributed by atoms with Gasteiger partial charge >= 0.3 is 0 Å². The minimum Gasteiger partial charge on any atom is -0.319 e. The molecule has 0 spiro atoms. The van der Waals surface area contributed by atoms with Gasteiger partial charge in [-0.3, -0.25) is 4.68 Å². The number of nitrogens with one attached hydrogen (secondary N) is 1. The van der Waals surface area contributed by atoms with Gasteiger partial charge in [-0.25, -0.2) is 0 Å². The molecule has 84 valence electrons. The molecule has 1 heterocycles. The van der Waals surface area contributed by atoms with Crippen molar-refractivity contribution >= 4 is 27.5 Å². The van der Waals surface area contributed by atoms with Crippen LogP contribution in [0.1, 0.15) is 18.5 Å². The molecule has 1 atom stereocenters. The van der Waals surface area contributed by atoms with Gasteiger partial charge in [0.25, 0.3) is 0 Å². The summed E-state index contributed by atoms with van der Waals surface area (Å²) in [5, 5.41) is 0.765.